The van der Waals surface area contributed by atoms with Gasteiger partial charge in [0.2, 0.25) is 10.0 Å². The molecule has 0 saturated carbocycles. The van der Waals surface area contributed by atoms with Crippen molar-refractivity contribution in [2.24, 2.45) is 12.8 Å². The average Bonchev–Trinajstić information content (AvgIpc) is 2.97. The maximum Gasteiger partial charge on any atom is 0.244 e. The highest BCUT2D eigenvalue weighted by molar-refractivity contribution is 7.89. The van der Waals surface area contributed by atoms with Crippen molar-refractivity contribution >= 4 is 10.0 Å². The lowest BCUT2D eigenvalue weighted by Crippen LogP contribution is -2.24. The maximum absolute atomic E-state index is 12.0. The van der Waals surface area contributed by atoms with E-state index < -0.39 is 10.0 Å². The van der Waals surface area contributed by atoms with Crippen LogP contribution in [0.15, 0.2) is 29.7 Å². The van der Waals surface area contributed by atoms with Crippen molar-refractivity contribution in [3.05, 3.63) is 30.6 Å². The zero-order valence-corrected chi connectivity index (χ0v) is 11.3. The van der Waals surface area contributed by atoms with Crippen molar-refractivity contribution in [3.8, 4) is 0 Å². The van der Waals surface area contributed by atoms with Crippen molar-refractivity contribution in [1.82, 2.24) is 24.1 Å². The number of rotatable bonds is 6. The predicted octanol–water partition coefficient (Wildman–Crippen LogP) is -0.946. The van der Waals surface area contributed by atoms with Crippen LogP contribution < -0.4 is 10.5 Å². The van der Waals surface area contributed by atoms with Gasteiger partial charge in [0.15, 0.2) is 0 Å². The zero-order chi connectivity index (χ0) is 13.9. The van der Waals surface area contributed by atoms with Crippen molar-refractivity contribution in [2.75, 3.05) is 6.54 Å². The first kappa shape index (κ1) is 13.7. The highest BCUT2D eigenvalue weighted by Crippen LogP contribution is 2.07. The normalized spacial score (nSPS) is 11.9. The minimum absolute atomic E-state index is 0.121. The average molecular weight is 284 g/mol. The van der Waals surface area contributed by atoms with Gasteiger partial charge in [0, 0.05) is 32.2 Å². The third-order valence-electron chi connectivity index (χ3n) is 2.62. The molecule has 9 heteroatoms. The summed E-state index contributed by atoms with van der Waals surface area (Å²) in [6, 6.07) is 0. The van der Waals surface area contributed by atoms with Gasteiger partial charge >= 0.3 is 0 Å². The van der Waals surface area contributed by atoms with E-state index in [1.165, 1.54) is 17.1 Å². The third-order valence-corrected chi connectivity index (χ3v) is 3.98. The summed E-state index contributed by atoms with van der Waals surface area (Å²) < 4.78 is 29.8. The van der Waals surface area contributed by atoms with E-state index in [9.17, 15) is 8.42 Å². The first-order chi connectivity index (χ1) is 9.03. The first-order valence-electron chi connectivity index (χ1n) is 5.71. The van der Waals surface area contributed by atoms with E-state index in [4.69, 9.17) is 5.73 Å². The minimum Gasteiger partial charge on any atom is -0.337 e. The van der Waals surface area contributed by atoms with Gasteiger partial charge in [-0.2, -0.15) is 5.10 Å². The number of nitrogens with two attached hydrogens (primary N) is 1. The predicted molar refractivity (Wildman–Crippen MR) is 68.5 cm³/mol. The Bertz CT molecular complexity index is 645. The second-order valence-corrected chi connectivity index (χ2v) is 5.77. The van der Waals surface area contributed by atoms with E-state index in [-0.39, 0.29) is 11.4 Å². The molecule has 2 rings (SSSR count). The van der Waals surface area contributed by atoms with Crippen LogP contribution in [0.4, 0.5) is 0 Å². The molecule has 0 aliphatic heterocycles. The zero-order valence-electron chi connectivity index (χ0n) is 10.5. The summed E-state index contributed by atoms with van der Waals surface area (Å²) in [5, 5.41) is 3.93. The largest absolute Gasteiger partial charge is 0.337 e. The molecule has 3 N–H and O–H groups in total. The molecule has 0 unspecified atom stereocenters. The van der Waals surface area contributed by atoms with Gasteiger partial charge in [-0.05, 0) is 0 Å². The molecule has 0 atom stereocenters. The molecule has 2 aromatic rings. The van der Waals surface area contributed by atoms with Crippen LogP contribution >= 0.6 is 0 Å². The minimum atomic E-state index is -3.58. The second-order valence-electron chi connectivity index (χ2n) is 4.01. The van der Waals surface area contributed by atoms with Crippen molar-refractivity contribution in [2.45, 2.75) is 18.0 Å². The van der Waals surface area contributed by atoms with E-state index in [0.717, 1.165) is 0 Å². The van der Waals surface area contributed by atoms with Crippen LogP contribution in [0.3, 0.4) is 0 Å². The molecule has 2 heterocycles. The SMILES string of the molecule is Cn1ccnc1CNS(=O)(=O)c1cnn(CCN)c1. The Morgan fingerprint density at radius 3 is 2.89 bits per heavy atom. The molecule has 0 bridgehead atoms. The highest BCUT2D eigenvalue weighted by Gasteiger charge is 2.16. The summed E-state index contributed by atoms with van der Waals surface area (Å²) >= 11 is 0. The Kier molecular flexibility index (Phi) is 3.98. The molecular weight excluding hydrogens is 268 g/mol. The monoisotopic (exact) mass is 284 g/mol. The van der Waals surface area contributed by atoms with E-state index in [2.05, 4.69) is 14.8 Å². The third kappa shape index (κ3) is 3.19. The van der Waals surface area contributed by atoms with Gasteiger partial charge < -0.3 is 10.3 Å². The number of imidazole rings is 1. The van der Waals surface area contributed by atoms with Gasteiger partial charge in [0.05, 0.1) is 19.3 Å². The fourth-order valence-corrected chi connectivity index (χ4v) is 2.48. The van der Waals surface area contributed by atoms with E-state index >= 15 is 0 Å². The maximum atomic E-state index is 12.0. The Morgan fingerprint density at radius 1 is 1.47 bits per heavy atom. The summed E-state index contributed by atoms with van der Waals surface area (Å²) in [7, 11) is -1.78. The molecule has 0 spiro atoms. The van der Waals surface area contributed by atoms with Crippen LogP contribution in [0.25, 0.3) is 0 Å². The van der Waals surface area contributed by atoms with Gasteiger partial charge in [-0.15, -0.1) is 0 Å². The lowest BCUT2D eigenvalue weighted by atomic mass is 10.6. The quantitative estimate of drug-likeness (QED) is 0.711. The number of aryl methyl sites for hydroxylation is 1. The topological polar surface area (TPSA) is 108 Å². The van der Waals surface area contributed by atoms with Gasteiger partial charge in [-0.1, -0.05) is 0 Å². The van der Waals surface area contributed by atoms with Crippen LogP contribution in [-0.4, -0.2) is 34.3 Å². The van der Waals surface area contributed by atoms with Gasteiger partial charge in [-0.3, -0.25) is 4.68 Å². The summed E-state index contributed by atoms with van der Waals surface area (Å²) in [5.74, 6) is 0.637. The van der Waals surface area contributed by atoms with Gasteiger partial charge in [0.1, 0.15) is 10.7 Å². The number of nitrogens with one attached hydrogen (secondary N) is 1. The van der Waals surface area contributed by atoms with Crippen LogP contribution in [0.2, 0.25) is 0 Å². The van der Waals surface area contributed by atoms with Gasteiger partial charge in [0.25, 0.3) is 0 Å². The summed E-state index contributed by atoms with van der Waals surface area (Å²) in [6.07, 6.45) is 6.12. The molecule has 19 heavy (non-hydrogen) atoms. The number of hydrogen-bond acceptors (Lipinski definition) is 5. The smallest absolute Gasteiger partial charge is 0.244 e. The van der Waals surface area contributed by atoms with Crippen molar-refractivity contribution in [3.63, 3.8) is 0 Å². The summed E-state index contributed by atoms with van der Waals surface area (Å²) in [5.41, 5.74) is 5.38. The van der Waals surface area contributed by atoms with Crippen LogP contribution in [-0.2, 0) is 30.2 Å². The fraction of sp³-hybridized carbons (Fsp3) is 0.400. The molecule has 0 aliphatic carbocycles. The van der Waals surface area contributed by atoms with Crippen LogP contribution in [0.5, 0.6) is 0 Å². The van der Waals surface area contributed by atoms with Crippen molar-refractivity contribution in [1.29, 1.82) is 0 Å². The molecule has 0 aliphatic rings. The number of nitrogens with zero attached hydrogens (tertiary/aromatic N) is 4. The van der Waals surface area contributed by atoms with E-state index in [1.807, 2.05) is 0 Å². The lowest BCUT2D eigenvalue weighted by molar-refractivity contribution is 0.576. The molecule has 8 nitrogen and oxygen atoms in total. The summed E-state index contributed by atoms with van der Waals surface area (Å²) in [6.45, 7) is 1.02. The molecule has 0 radical (unpaired) electrons. The molecule has 0 aromatic carbocycles. The molecule has 104 valence electrons. The molecular formula is C10H16N6O2S. The van der Waals surface area contributed by atoms with Crippen molar-refractivity contribution < 1.29 is 8.42 Å². The van der Waals surface area contributed by atoms with E-state index in [0.29, 0.717) is 18.9 Å². The summed E-state index contributed by atoms with van der Waals surface area (Å²) in [4.78, 5) is 4.17. The fourth-order valence-electron chi connectivity index (χ4n) is 1.55. The molecule has 0 amide bonds. The Morgan fingerprint density at radius 2 is 2.26 bits per heavy atom. The Hall–Kier alpha value is -1.71. The lowest BCUT2D eigenvalue weighted by Gasteiger charge is -2.04. The molecule has 0 saturated heterocycles. The first-order valence-corrected chi connectivity index (χ1v) is 7.19. The number of aromatic nitrogens is 4. The number of hydrogen-bond donors (Lipinski definition) is 2. The van der Waals surface area contributed by atoms with Gasteiger partial charge in [-0.25, -0.2) is 18.1 Å². The molecule has 2 aromatic heterocycles. The van der Waals surface area contributed by atoms with Crippen LogP contribution in [0, 0.1) is 0 Å². The second kappa shape index (κ2) is 5.51. The van der Waals surface area contributed by atoms with E-state index in [1.54, 1.807) is 24.0 Å². The number of sulfonamides is 1. The molecule has 0 fully saturated rings. The van der Waals surface area contributed by atoms with Crippen LogP contribution in [0.1, 0.15) is 5.82 Å². The standard InChI is InChI=1S/C10H16N6O2S/c1-15-5-3-12-10(15)7-14-19(17,18)9-6-13-16(8-9)4-2-11/h3,5-6,8,14H,2,4,7,11H2,1H3. The Balaban J connectivity index is 2.07. The highest BCUT2D eigenvalue weighted by atomic mass is 32.2. The Labute approximate surface area is 111 Å².